The van der Waals surface area contributed by atoms with Crippen LogP contribution < -0.4 is 15.0 Å². The molecule has 3 saturated carbocycles. The number of amides is 1. The van der Waals surface area contributed by atoms with Crippen molar-refractivity contribution in [2.45, 2.75) is 113 Å². The maximum atomic E-state index is 15.3. The Morgan fingerprint density at radius 3 is 2.48 bits per heavy atom. The zero-order chi connectivity index (χ0) is 36.6. The predicted molar refractivity (Wildman–Crippen MR) is 182 cm³/mol. The molecular weight excluding hydrogens is 682 g/mol. The van der Waals surface area contributed by atoms with Gasteiger partial charge in [-0.2, -0.15) is 8.78 Å². The standard InChI is InChI=1S/C38H47F4N5O5/c1-22-13-23-15-24(14-22)38(17-23,33(49)50)45-32(48)28-20-43-34(44-31(28)35(2,39)40)47-21-36(7-11-51-12-8-36)29-16-27(3-4-30(29)47)52-26-5-9-46(10-6-26)25-18-37(41,42)19-25/h3-4,16,20,22-26H,5-15,17-19,21H2,1-2H3,(H,45,48)(H,49,50). The first-order valence-electron chi connectivity index (χ1n) is 18.7. The van der Waals surface area contributed by atoms with Crippen LogP contribution in [0.4, 0.5) is 29.2 Å². The van der Waals surface area contributed by atoms with Gasteiger partial charge in [-0.15, -0.1) is 0 Å². The highest BCUT2D eigenvalue weighted by atomic mass is 19.3. The van der Waals surface area contributed by atoms with Crippen molar-refractivity contribution in [3.05, 3.63) is 41.2 Å². The fourth-order valence-corrected chi connectivity index (χ4v) is 10.2. The third kappa shape index (κ3) is 6.31. The van der Waals surface area contributed by atoms with Crippen LogP contribution in [0.5, 0.6) is 5.75 Å². The number of carbonyl (C=O) groups is 2. The first kappa shape index (κ1) is 35.5. The van der Waals surface area contributed by atoms with Crippen molar-refractivity contribution < 1.29 is 41.7 Å². The molecule has 1 spiro atoms. The molecule has 14 heteroatoms. The van der Waals surface area contributed by atoms with Gasteiger partial charge in [-0.05, 0) is 92.9 Å². The van der Waals surface area contributed by atoms with Gasteiger partial charge in [-0.3, -0.25) is 9.69 Å². The normalized spacial score (nSPS) is 30.2. The largest absolute Gasteiger partial charge is 0.490 e. The van der Waals surface area contributed by atoms with E-state index >= 15 is 8.78 Å². The van der Waals surface area contributed by atoms with Crippen molar-refractivity contribution >= 4 is 23.5 Å². The SMILES string of the molecule is CC1CC2CC(C1)C(NC(=O)c1cnc(N3CC4(CCOCC4)c4cc(OC5CCN(C6CC(F)(F)C6)CC5)ccc43)nc1C(C)(F)F)(C(=O)O)C2. The number of hydrogen-bond donors (Lipinski definition) is 2. The number of nitrogens with one attached hydrogen (secondary N) is 1. The van der Waals surface area contributed by atoms with Crippen LogP contribution in [-0.2, 0) is 20.9 Å². The Hall–Kier alpha value is -3.52. The maximum Gasteiger partial charge on any atom is 0.329 e. The van der Waals surface area contributed by atoms with Crippen molar-refractivity contribution in [2.75, 3.05) is 37.7 Å². The van der Waals surface area contributed by atoms with E-state index in [1.165, 1.54) is 0 Å². The molecule has 4 heterocycles. The Morgan fingerprint density at radius 2 is 1.81 bits per heavy atom. The van der Waals surface area contributed by atoms with Crippen LogP contribution in [0.25, 0.3) is 0 Å². The number of anilines is 2. The van der Waals surface area contributed by atoms with Crippen LogP contribution in [0.2, 0.25) is 0 Å². The average Bonchev–Trinajstić information content (AvgIpc) is 3.53. The number of benzene rings is 1. The van der Waals surface area contributed by atoms with Crippen LogP contribution in [-0.4, -0.2) is 88.3 Å². The van der Waals surface area contributed by atoms with Gasteiger partial charge < -0.3 is 24.8 Å². The number of alkyl halides is 4. The second-order valence-corrected chi connectivity index (χ2v) is 16.6. The van der Waals surface area contributed by atoms with Gasteiger partial charge in [0.1, 0.15) is 23.1 Å². The second-order valence-electron chi connectivity index (χ2n) is 16.6. The molecule has 8 rings (SSSR count). The summed E-state index contributed by atoms with van der Waals surface area (Å²) in [5.41, 5.74) is -1.34. The van der Waals surface area contributed by atoms with Crippen molar-refractivity contribution in [3.8, 4) is 5.75 Å². The first-order valence-corrected chi connectivity index (χ1v) is 18.7. The van der Waals surface area contributed by atoms with Gasteiger partial charge in [-0.25, -0.2) is 23.5 Å². The van der Waals surface area contributed by atoms with Gasteiger partial charge in [0.25, 0.3) is 17.8 Å². The molecule has 4 unspecified atom stereocenters. The van der Waals surface area contributed by atoms with E-state index in [9.17, 15) is 23.5 Å². The van der Waals surface area contributed by atoms with Gasteiger partial charge in [0.05, 0.1) is 5.56 Å². The number of fused-ring (bicyclic) bond motifs is 4. The molecule has 2 N–H and O–H groups in total. The number of nitrogens with zero attached hydrogens (tertiary/aromatic N) is 4. The molecule has 3 aliphatic carbocycles. The number of rotatable bonds is 8. The summed E-state index contributed by atoms with van der Waals surface area (Å²) in [7, 11) is 0. The van der Waals surface area contributed by atoms with E-state index in [-0.39, 0.29) is 54.6 Å². The summed E-state index contributed by atoms with van der Waals surface area (Å²) in [6, 6.07) is 5.70. The van der Waals surface area contributed by atoms with Gasteiger partial charge in [-0.1, -0.05) is 6.92 Å². The molecule has 2 saturated heterocycles. The Morgan fingerprint density at radius 1 is 1.08 bits per heavy atom. The zero-order valence-corrected chi connectivity index (χ0v) is 29.7. The van der Waals surface area contributed by atoms with Crippen LogP contribution in [0.3, 0.4) is 0 Å². The number of piperidine rings is 1. The number of likely N-dealkylation sites (tertiary alicyclic amines) is 1. The fourth-order valence-electron chi connectivity index (χ4n) is 10.2. The minimum Gasteiger partial charge on any atom is -0.490 e. The lowest BCUT2D eigenvalue weighted by atomic mass is 9.76. The van der Waals surface area contributed by atoms with E-state index in [1.807, 2.05) is 23.1 Å². The molecule has 1 amide bonds. The van der Waals surface area contributed by atoms with Crippen LogP contribution >= 0.6 is 0 Å². The highest BCUT2D eigenvalue weighted by Crippen LogP contribution is 2.52. The summed E-state index contributed by atoms with van der Waals surface area (Å²) in [6.45, 7) is 5.65. The van der Waals surface area contributed by atoms with Crippen LogP contribution in [0, 0.1) is 17.8 Å². The number of carboxylic acids is 1. The number of carboxylic acid groups (broad SMARTS) is 1. The summed E-state index contributed by atoms with van der Waals surface area (Å²) in [5, 5.41) is 13.0. The molecule has 3 aliphatic heterocycles. The zero-order valence-electron chi connectivity index (χ0n) is 29.7. The van der Waals surface area contributed by atoms with E-state index in [0.717, 1.165) is 36.7 Å². The minimum absolute atomic E-state index is 0.0267. The van der Waals surface area contributed by atoms with Crippen molar-refractivity contribution in [1.29, 1.82) is 0 Å². The van der Waals surface area contributed by atoms with Crippen molar-refractivity contribution in [1.82, 2.24) is 20.2 Å². The molecule has 0 radical (unpaired) electrons. The third-order valence-electron chi connectivity index (χ3n) is 12.8. The quantitative estimate of drug-likeness (QED) is 0.296. The highest BCUT2D eigenvalue weighted by Gasteiger charge is 2.57. The molecule has 10 nitrogen and oxygen atoms in total. The fraction of sp³-hybridized carbons (Fsp3) is 0.684. The predicted octanol–water partition coefficient (Wildman–Crippen LogP) is 6.44. The number of hydrogen-bond acceptors (Lipinski definition) is 8. The van der Waals surface area contributed by atoms with E-state index in [2.05, 4.69) is 27.1 Å². The molecule has 282 valence electrons. The molecular formula is C38H47F4N5O5. The Bertz CT molecular complexity index is 1720. The smallest absolute Gasteiger partial charge is 0.329 e. The minimum atomic E-state index is -3.52. The summed E-state index contributed by atoms with van der Waals surface area (Å²) in [6.07, 6.45) is 6.23. The molecule has 4 atom stereocenters. The van der Waals surface area contributed by atoms with Gasteiger partial charge in [0, 0.05) is 76.0 Å². The van der Waals surface area contributed by atoms with Crippen molar-refractivity contribution in [2.24, 2.45) is 17.8 Å². The number of aromatic nitrogens is 2. The van der Waals surface area contributed by atoms with Crippen molar-refractivity contribution in [3.63, 3.8) is 0 Å². The molecule has 6 aliphatic rings. The number of carbonyl (C=O) groups excluding carboxylic acids is 1. The third-order valence-corrected chi connectivity index (χ3v) is 12.8. The van der Waals surface area contributed by atoms with Gasteiger partial charge in [0.2, 0.25) is 5.95 Å². The Labute approximate surface area is 300 Å². The number of ether oxygens (including phenoxy) is 2. The molecule has 2 aromatic rings. The van der Waals surface area contributed by atoms with E-state index in [1.54, 1.807) is 0 Å². The summed E-state index contributed by atoms with van der Waals surface area (Å²) < 4.78 is 69.7. The second kappa shape index (κ2) is 12.8. The Kier molecular flexibility index (Phi) is 8.75. The van der Waals surface area contributed by atoms with E-state index < -0.39 is 40.5 Å². The van der Waals surface area contributed by atoms with Crippen LogP contribution in [0.1, 0.15) is 99.7 Å². The number of aliphatic carboxylic acids is 1. The molecule has 2 bridgehead atoms. The van der Waals surface area contributed by atoms with Gasteiger partial charge >= 0.3 is 5.97 Å². The topological polar surface area (TPSA) is 117 Å². The van der Waals surface area contributed by atoms with Crippen LogP contribution in [0.15, 0.2) is 24.4 Å². The summed E-state index contributed by atoms with van der Waals surface area (Å²) >= 11 is 0. The van der Waals surface area contributed by atoms with E-state index in [4.69, 9.17) is 9.47 Å². The molecule has 1 aromatic heterocycles. The highest BCUT2D eigenvalue weighted by molar-refractivity contribution is 5.99. The summed E-state index contributed by atoms with van der Waals surface area (Å²) in [4.78, 5) is 39.2. The summed E-state index contributed by atoms with van der Waals surface area (Å²) in [5.74, 6) is -7.22. The maximum absolute atomic E-state index is 15.3. The Balaban J connectivity index is 1.05. The van der Waals surface area contributed by atoms with Gasteiger partial charge in [0.15, 0.2) is 0 Å². The van der Waals surface area contributed by atoms with E-state index in [0.29, 0.717) is 77.1 Å². The molecule has 52 heavy (non-hydrogen) atoms. The monoisotopic (exact) mass is 729 g/mol. The lowest BCUT2D eigenvalue weighted by Crippen LogP contribution is -2.57. The lowest BCUT2D eigenvalue weighted by molar-refractivity contribution is -0.146. The lowest BCUT2D eigenvalue weighted by Gasteiger charge is -2.45. The molecule has 1 aromatic carbocycles. The number of halogens is 4. The first-order chi connectivity index (χ1) is 24.6. The average molecular weight is 730 g/mol. The molecule has 5 fully saturated rings.